The Hall–Kier alpha value is -1.57. The highest BCUT2D eigenvalue weighted by atomic mass is 32.2. The third kappa shape index (κ3) is 6.00. The molecule has 1 aliphatic rings. The molecule has 0 saturated carbocycles. The van der Waals surface area contributed by atoms with Crippen LogP contribution in [0, 0.1) is 11.3 Å². The normalized spacial score (nSPS) is 22.5. The summed E-state index contributed by atoms with van der Waals surface area (Å²) >= 11 is 0. The standard InChI is InChI=1S/C18H33N5O2S/c1-15-6-9-22(12-16(15)23-10-8-20-14-23)17(19-4)21-13-18(2,3)7-11-26(5,24)25/h8,10,14-16H,6-7,9,11-13H2,1-5H3,(H,19,21). The van der Waals surface area contributed by atoms with Gasteiger partial charge >= 0.3 is 0 Å². The molecule has 2 unspecified atom stereocenters. The van der Waals surface area contributed by atoms with Crippen molar-refractivity contribution < 1.29 is 8.42 Å². The number of rotatable bonds is 6. The van der Waals surface area contributed by atoms with Crippen molar-refractivity contribution in [2.45, 2.75) is 39.7 Å². The first-order valence-electron chi connectivity index (χ1n) is 9.22. The number of guanidine groups is 1. The zero-order valence-corrected chi connectivity index (χ0v) is 17.5. The summed E-state index contributed by atoms with van der Waals surface area (Å²) in [7, 11) is -1.14. The molecule has 26 heavy (non-hydrogen) atoms. The lowest BCUT2D eigenvalue weighted by Gasteiger charge is -2.40. The van der Waals surface area contributed by atoms with Crippen molar-refractivity contribution >= 4 is 15.8 Å². The molecule has 0 radical (unpaired) electrons. The monoisotopic (exact) mass is 383 g/mol. The number of hydrogen-bond acceptors (Lipinski definition) is 4. The molecule has 1 N–H and O–H groups in total. The van der Waals surface area contributed by atoms with Crippen LogP contribution in [0.15, 0.2) is 23.7 Å². The van der Waals surface area contributed by atoms with E-state index < -0.39 is 9.84 Å². The summed E-state index contributed by atoms with van der Waals surface area (Å²) in [6.45, 7) is 9.01. The van der Waals surface area contributed by atoms with Crippen LogP contribution in [0.4, 0.5) is 0 Å². The average Bonchev–Trinajstić information content (AvgIpc) is 3.08. The molecule has 2 atom stereocenters. The van der Waals surface area contributed by atoms with Gasteiger partial charge in [0.1, 0.15) is 9.84 Å². The second-order valence-corrected chi connectivity index (χ2v) is 10.5. The summed E-state index contributed by atoms with van der Waals surface area (Å²) in [5.74, 6) is 1.68. The van der Waals surface area contributed by atoms with Gasteiger partial charge in [-0.2, -0.15) is 0 Å². The van der Waals surface area contributed by atoms with Crippen LogP contribution in [0.3, 0.4) is 0 Å². The van der Waals surface area contributed by atoms with Crippen LogP contribution in [-0.2, 0) is 9.84 Å². The zero-order valence-electron chi connectivity index (χ0n) is 16.6. The summed E-state index contributed by atoms with van der Waals surface area (Å²) in [6, 6.07) is 0.378. The second-order valence-electron chi connectivity index (χ2n) is 8.23. The molecule has 0 spiro atoms. The van der Waals surface area contributed by atoms with Crippen LogP contribution in [0.25, 0.3) is 0 Å². The van der Waals surface area contributed by atoms with Gasteiger partial charge < -0.3 is 14.8 Å². The fourth-order valence-electron chi connectivity index (χ4n) is 3.30. The first-order valence-corrected chi connectivity index (χ1v) is 11.3. The minimum atomic E-state index is -2.94. The zero-order chi connectivity index (χ0) is 19.4. The van der Waals surface area contributed by atoms with Crippen LogP contribution in [0.1, 0.15) is 39.7 Å². The lowest BCUT2D eigenvalue weighted by molar-refractivity contribution is 0.187. The Kier molecular flexibility index (Phi) is 6.71. The Morgan fingerprint density at radius 1 is 1.42 bits per heavy atom. The molecule has 2 rings (SSSR count). The fourth-order valence-corrected chi connectivity index (χ4v) is 4.22. The highest BCUT2D eigenvalue weighted by Gasteiger charge is 2.29. The molecular formula is C18H33N5O2S. The van der Waals surface area contributed by atoms with Crippen molar-refractivity contribution in [1.82, 2.24) is 19.8 Å². The molecule has 7 nitrogen and oxygen atoms in total. The number of aliphatic imine (C=N–C) groups is 1. The smallest absolute Gasteiger partial charge is 0.193 e. The topological polar surface area (TPSA) is 79.6 Å². The highest BCUT2D eigenvalue weighted by Crippen LogP contribution is 2.27. The molecule has 0 aromatic carbocycles. The maximum absolute atomic E-state index is 11.4. The van der Waals surface area contributed by atoms with Crippen molar-refractivity contribution in [2.75, 3.05) is 38.7 Å². The molecule has 1 aliphatic heterocycles. The Bertz CT molecular complexity index is 697. The molecule has 148 valence electrons. The van der Waals surface area contributed by atoms with Crippen LogP contribution in [0.2, 0.25) is 0 Å². The minimum absolute atomic E-state index is 0.119. The molecule has 2 heterocycles. The van der Waals surface area contributed by atoms with Crippen LogP contribution >= 0.6 is 0 Å². The van der Waals surface area contributed by atoms with Gasteiger partial charge in [0.2, 0.25) is 0 Å². The van der Waals surface area contributed by atoms with Crippen LogP contribution in [0.5, 0.6) is 0 Å². The molecule has 0 aliphatic carbocycles. The van der Waals surface area contributed by atoms with Gasteiger partial charge in [0.25, 0.3) is 0 Å². The van der Waals surface area contributed by atoms with E-state index in [1.807, 2.05) is 18.7 Å². The van der Waals surface area contributed by atoms with Crippen molar-refractivity contribution in [1.29, 1.82) is 0 Å². The number of imidazole rings is 1. The van der Waals surface area contributed by atoms with Gasteiger partial charge in [-0.15, -0.1) is 0 Å². The van der Waals surface area contributed by atoms with E-state index in [0.29, 0.717) is 24.9 Å². The predicted octanol–water partition coefficient (Wildman–Crippen LogP) is 1.80. The van der Waals surface area contributed by atoms with Gasteiger partial charge in [0, 0.05) is 45.3 Å². The van der Waals surface area contributed by atoms with E-state index in [1.165, 1.54) is 6.26 Å². The van der Waals surface area contributed by atoms with E-state index >= 15 is 0 Å². The Morgan fingerprint density at radius 2 is 2.15 bits per heavy atom. The summed E-state index contributed by atoms with van der Waals surface area (Å²) in [4.78, 5) is 10.9. The molecule has 1 aromatic rings. The maximum atomic E-state index is 11.4. The van der Waals surface area contributed by atoms with Gasteiger partial charge in [-0.05, 0) is 24.2 Å². The summed E-state index contributed by atoms with van der Waals surface area (Å²) in [5.41, 5.74) is -0.119. The molecule has 1 fully saturated rings. The Balaban J connectivity index is 1.95. The van der Waals surface area contributed by atoms with E-state index in [4.69, 9.17) is 0 Å². The summed E-state index contributed by atoms with van der Waals surface area (Å²) in [5, 5.41) is 3.45. The molecule has 1 saturated heterocycles. The number of sulfone groups is 1. The largest absolute Gasteiger partial charge is 0.356 e. The predicted molar refractivity (Wildman–Crippen MR) is 106 cm³/mol. The minimum Gasteiger partial charge on any atom is -0.356 e. The number of aromatic nitrogens is 2. The SMILES string of the molecule is CN=C(NCC(C)(C)CCS(C)(=O)=O)N1CCC(C)C(n2ccnc2)C1. The van der Waals surface area contributed by atoms with Crippen molar-refractivity contribution in [3.8, 4) is 0 Å². The van der Waals surface area contributed by atoms with Gasteiger partial charge in [0.05, 0.1) is 18.1 Å². The quantitative estimate of drug-likeness (QED) is 0.599. The second kappa shape index (κ2) is 8.41. The van der Waals surface area contributed by atoms with E-state index in [0.717, 1.165) is 25.5 Å². The highest BCUT2D eigenvalue weighted by molar-refractivity contribution is 7.90. The lowest BCUT2D eigenvalue weighted by atomic mass is 9.90. The number of nitrogens with zero attached hydrogens (tertiary/aromatic N) is 4. The van der Waals surface area contributed by atoms with E-state index in [9.17, 15) is 8.42 Å². The molecule has 8 heteroatoms. The number of likely N-dealkylation sites (tertiary alicyclic amines) is 1. The van der Waals surface area contributed by atoms with Gasteiger partial charge in [-0.1, -0.05) is 20.8 Å². The first kappa shape index (κ1) is 20.7. The fraction of sp³-hybridized carbons (Fsp3) is 0.778. The van der Waals surface area contributed by atoms with E-state index in [-0.39, 0.29) is 11.2 Å². The third-order valence-corrected chi connectivity index (χ3v) is 6.16. The molecule has 0 bridgehead atoms. The summed E-state index contributed by atoms with van der Waals surface area (Å²) in [6.07, 6.45) is 8.75. The first-order chi connectivity index (χ1) is 12.1. The molecule has 0 amide bonds. The van der Waals surface area contributed by atoms with E-state index in [2.05, 4.69) is 45.5 Å². The number of nitrogens with one attached hydrogen (secondary N) is 1. The van der Waals surface area contributed by atoms with Crippen molar-refractivity contribution in [3.63, 3.8) is 0 Å². The third-order valence-electron chi connectivity index (χ3n) is 5.21. The van der Waals surface area contributed by atoms with Gasteiger partial charge in [-0.25, -0.2) is 13.4 Å². The average molecular weight is 384 g/mol. The Labute approximate surface area is 157 Å². The molecule has 1 aromatic heterocycles. The number of hydrogen-bond donors (Lipinski definition) is 1. The van der Waals surface area contributed by atoms with Crippen LogP contribution in [-0.4, -0.2) is 67.5 Å². The van der Waals surface area contributed by atoms with E-state index in [1.54, 1.807) is 7.05 Å². The van der Waals surface area contributed by atoms with Gasteiger partial charge in [0.15, 0.2) is 5.96 Å². The number of piperidine rings is 1. The Morgan fingerprint density at radius 3 is 2.73 bits per heavy atom. The van der Waals surface area contributed by atoms with Crippen molar-refractivity contribution in [3.05, 3.63) is 18.7 Å². The maximum Gasteiger partial charge on any atom is 0.193 e. The lowest BCUT2D eigenvalue weighted by Crippen LogP contribution is -2.50. The van der Waals surface area contributed by atoms with Crippen molar-refractivity contribution in [2.24, 2.45) is 16.3 Å². The van der Waals surface area contributed by atoms with Crippen LogP contribution < -0.4 is 5.32 Å². The summed E-state index contributed by atoms with van der Waals surface area (Å²) < 4.78 is 25.1. The molecular weight excluding hydrogens is 350 g/mol. The van der Waals surface area contributed by atoms with Gasteiger partial charge in [-0.3, -0.25) is 4.99 Å².